The molecule has 0 saturated carbocycles. The molecule has 0 unspecified atom stereocenters. The number of nitrogens with one attached hydrogen (secondary N) is 1. The van der Waals surface area contributed by atoms with Gasteiger partial charge in [0, 0.05) is 19.7 Å². The number of hydrogen-bond acceptors (Lipinski definition) is 3. The van der Waals surface area contributed by atoms with Crippen LogP contribution in [-0.2, 0) is 16.1 Å². The van der Waals surface area contributed by atoms with Gasteiger partial charge in [0.25, 0.3) is 0 Å². The number of amides is 4. The fraction of sp³-hybridized carbons (Fsp3) is 0.526. The summed E-state index contributed by atoms with van der Waals surface area (Å²) in [6.45, 7) is 6.08. The summed E-state index contributed by atoms with van der Waals surface area (Å²) in [5.41, 5.74) is 7.69. The summed E-state index contributed by atoms with van der Waals surface area (Å²) >= 11 is 0. The predicted molar refractivity (Wildman–Crippen MR) is 102 cm³/mol. The third kappa shape index (κ3) is 6.25. The second-order valence-corrected chi connectivity index (χ2v) is 7.24. The predicted octanol–water partition coefficient (Wildman–Crippen LogP) is -1.31. The molecule has 1 aromatic rings. The molecular weight excluding hydrogens is 346 g/mol. The van der Waals surface area contributed by atoms with Gasteiger partial charge in [0.15, 0.2) is 0 Å². The summed E-state index contributed by atoms with van der Waals surface area (Å²) < 4.78 is 0. The molecule has 1 saturated heterocycles. The van der Waals surface area contributed by atoms with E-state index in [1.807, 2.05) is 0 Å². The van der Waals surface area contributed by atoms with Gasteiger partial charge < -0.3 is 25.3 Å². The number of aryl methyl sites for hydroxylation is 1. The van der Waals surface area contributed by atoms with E-state index in [0.717, 1.165) is 24.5 Å². The Balaban J connectivity index is 1.77. The van der Waals surface area contributed by atoms with E-state index in [9.17, 15) is 14.4 Å². The van der Waals surface area contributed by atoms with Crippen molar-refractivity contribution in [1.29, 1.82) is 0 Å². The van der Waals surface area contributed by atoms with E-state index >= 15 is 0 Å². The van der Waals surface area contributed by atoms with Gasteiger partial charge in [0.05, 0.1) is 32.7 Å². The Bertz CT molecular complexity index is 686. The fourth-order valence-corrected chi connectivity index (χ4v) is 3.15. The lowest BCUT2D eigenvalue weighted by Gasteiger charge is -2.33. The molecule has 1 heterocycles. The van der Waals surface area contributed by atoms with Crippen LogP contribution >= 0.6 is 0 Å². The van der Waals surface area contributed by atoms with Crippen LogP contribution < -0.4 is 10.6 Å². The maximum Gasteiger partial charge on any atom is 0.314 e. The van der Waals surface area contributed by atoms with Crippen molar-refractivity contribution in [1.82, 2.24) is 14.7 Å². The van der Waals surface area contributed by atoms with Gasteiger partial charge in [0.2, 0.25) is 11.8 Å². The van der Waals surface area contributed by atoms with Gasteiger partial charge in [-0.3, -0.25) is 9.59 Å². The summed E-state index contributed by atoms with van der Waals surface area (Å²) in [4.78, 5) is 41.3. The first kappa shape index (κ1) is 20.7. The molecule has 27 heavy (non-hydrogen) atoms. The number of piperazine rings is 1. The van der Waals surface area contributed by atoms with Gasteiger partial charge >= 0.3 is 6.03 Å². The maximum absolute atomic E-state index is 12.5. The second-order valence-electron chi connectivity index (χ2n) is 7.24. The smallest absolute Gasteiger partial charge is 0.314 e. The average Bonchev–Trinajstić information content (AvgIpc) is 2.62. The van der Waals surface area contributed by atoms with Gasteiger partial charge in [-0.2, -0.15) is 0 Å². The Labute approximate surface area is 160 Å². The highest BCUT2D eigenvalue weighted by atomic mass is 16.2. The Hall–Kier alpha value is -2.61. The maximum atomic E-state index is 12.5. The Morgan fingerprint density at radius 1 is 1.11 bits per heavy atom. The van der Waals surface area contributed by atoms with E-state index in [-0.39, 0.29) is 24.9 Å². The van der Waals surface area contributed by atoms with Gasteiger partial charge in [-0.05, 0) is 6.92 Å². The lowest BCUT2D eigenvalue weighted by molar-refractivity contribution is -0.917. The zero-order chi connectivity index (χ0) is 20.0. The number of urea groups is 1. The molecule has 148 valence electrons. The van der Waals surface area contributed by atoms with Crippen LogP contribution in [0.1, 0.15) is 11.1 Å². The minimum absolute atomic E-state index is 0.0125. The van der Waals surface area contributed by atoms with Crippen LogP contribution in [-0.4, -0.2) is 85.9 Å². The van der Waals surface area contributed by atoms with E-state index in [2.05, 4.69) is 31.2 Å². The zero-order valence-electron chi connectivity index (χ0n) is 16.4. The third-order valence-corrected chi connectivity index (χ3v) is 4.91. The minimum atomic E-state index is -0.671. The number of benzene rings is 1. The molecule has 8 nitrogen and oxygen atoms in total. The monoisotopic (exact) mass is 376 g/mol. The van der Waals surface area contributed by atoms with Gasteiger partial charge in [-0.1, -0.05) is 29.8 Å². The summed E-state index contributed by atoms with van der Waals surface area (Å²) in [5, 5.41) is 0. The standard InChI is InChI=1S/C19H29N5O3/c1-15-5-4-6-16(11-15)12-23-7-9-24(10-8-23)18(26)14-21(2)17(25)13-22(3)19(20)27/h4-6,11H,7-10,12-14H2,1-3H3,(H2,20,27)/p+1. The van der Waals surface area contributed by atoms with Crippen molar-refractivity contribution in [3.8, 4) is 0 Å². The number of quaternary nitrogens is 1. The number of hydrogen-bond donors (Lipinski definition) is 2. The number of primary amides is 1. The van der Waals surface area contributed by atoms with Gasteiger partial charge in [-0.15, -0.1) is 0 Å². The van der Waals surface area contributed by atoms with Crippen LogP contribution in [0, 0.1) is 6.92 Å². The normalized spacial score (nSPS) is 14.7. The molecule has 0 spiro atoms. The molecule has 2 rings (SSSR count). The Morgan fingerprint density at radius 3 is 2.37 bits per heavy atom. The Morgan fingerprint density at radius 2 is 1.78 bits per heavy atom. The molecule has 8 heteroatoms. The van der Waals surface area contributed by atoms with Crippen LogP contribution in [0.25, 0.3) is 0 Å². The first-order chi connectivity index (χ1) is 12.8. The highest BCUT2D eigenvalue weighted by Gasteiger charge is 2.25. The quantitative estimate of drug-likeness (QED) is 0.646. The van der Waals surface area contributed by atoms with E-state index in [4.69, 9.17) is 5.73 Å². The fourth-order valence-electron chi connectivity index (χ4n) is 3.15. The van der Waals surface area contributed by atoms with Crippen LogP contribution in [0.3, 0.4) is 0 Å². The highest BCUT2D eigenvalue weighted by molar-refractivity contribution is 5.87. The van der Waals surface area contributed by atoms with Crippen molar-refractivity contribution in [2.24, 2.45) is 5.73 Å². The second kappa shape index (κ2) is 9.36. The molecule has 1 aliphatic heterocycles. The lowest BCUT2D eigenvalue weighted by atomic mass is 10.1. The first-order valence-electron chi connectivity index (χ1n) is 9.17. The van der Waals surface area contributed by atoms with Gasteiger partial charge in [0.1, 0.15) is 13.1 Å². The SMILES string of the molecule is Cc1cccc(C[NH+]2CCN(C(=O)CN(C)C(=O)CN(C)C(N)=O)CC2)c1. The van der Waals surface area contributed by atoms with Crippen molar-refractivity contribution in [2.75, 3.05) is 53.4 Å². The number of carbonyl (C=O) groups is 3. The number of likely N-dealkylation sites (N-methyl/N-ethyl adjacent to an activating group) is 2. The molecule has 0 aromatic heterocycles. The number of nitrogens with zero attached hydrogens (tertiary/aromatic N) is 3. The van der Waals surface area contributed by atoms with Crippen LogP contribution in [0.2, 0.25) is 0 Å². The molecule has 3 N–H and O–H groups in total. The van der Waals surface area contributed by atoms with Crippen molar-refractivity contribution >= 4 is 17.8 Å². The molecule has 1 aliphatic rings. The number of carbonyl (C=O) groups excluding carboxylic acids is 3. The molecule has 0 bridgehead atoms. The Kier molecular flexibility index (Phi) is 7.18. The summed E-state index contributed by atoms with van der Waals surface area (Å²) in [5.74, 6) is -0.379. The van der Waals surface area contributed by atoms with Crippen LogP contribution in [0.4, 0.5) is 4.79 Å². The van der Waals surface area contributed by atoms with E-state index in [1.54, 1.807) is 11.9 Å². The number of rotatable bonds is 6. The largest absolute Gasteiger partial charge is 0.351 e. The van der Waals surface area contributed by atoms with E-state index in [0.29, 0.717) is 13.1 Å². The lowest BCUT2D eigenvalue weighted by Crippen LogP contribution is -3.13. The van der Waals surface area contributed by atoms with Gasteiger partial charge in [-0.25, -0.2) is 4.79 Å². The van der Waals surface area contributed by atoms with Crippen molar-refractivity contribution in [3.63, 3.8) is 0 Å². The van der Waals surface area contributed by atoms with Crippen molar-refractivity contribution in [3.05, 3.63) is 35.4 Å². The van der Waals surface area contributed by atoms with Crippen LogP contribution in [0.5, 0.6) is 0 Å². The van der Waals surface area contributed by atoms with E-state index in [1.165, 1.54) is 28.0 Å². The zero-order valence-corrected chi connectivity index (χ0v) is 16.4. The first-order valence-corrected chi connectivity index (χ1v) is 9.17. The molecule has 0 aliphatic carbocycles. The summed E-state index contributed by atoms with van der Waals surface area (Å²) in [6.07, 6.45) is 0. The molecule has 1 aromatic carbocycles. The highest BCUT2D eigenvalue weighted by Crippen LogP contribution is 2.03. The molecule has 4 amide bonds. The van der Waals surface area contributed by atoms with Crippen molar-refractivity contribution < 1.29 is 19.3 Å². The molecule has 0 radical (unpaired) electrons. The summed E-state index contributed by atoms with van der Waals surface area (Å²) in [6, 6.07) is 7.84. The van der Waals surface area contributed by atoms with E-state index < -0.39 is 6.03 Å². The third-order valence-electron chi connectivity index (χ3n) is 4.91. The van der Waals surface area contributed by atoms with Crippen LogP contribution in [0.15, 0.2) is 24.3 Å². The summed E-state index contributed by atoms with van der Waals surface area (Å²) in [7, 11) is 3.01. The molecule has 1 fully saturated rings. The van der Waals surface area contributed by atoms with Crippen molar-refractivity contribution in [2.45, 2.75) is 13.5 Å². The molecule has 0 atom stereocenters. The topological polar surface area (TPSA) is 91.4 Å². The number of nitrogens with two attached hydrogens (primary N) is 1. The minimum Gasteiger partial charge on any atom is -0.351 e. The molecular formula is C19H30N5O3+. The average molecular weight is 376 g/mol.